The molecule has 1 aromatic heterocycles. The second kappa shape index (κ2) is 4.49. The lowest BCUT2D eigenvalue weighted by molar-refractivity contribution is -0.120. The average Bonchev–Trinajstić information content (AvgIpc) is 2.29. The number of pyridine rings is 1. The Kier molecular flexibility index (Phi) is 3.05. The SMILES string of the molecule is C[C@@H](N)c1ccc(N2CCNC(=O)C2)nc1. The van der Waals surface area contributed by atoms with Crippen molar-refractivity contribution in [1.82, 2.24) is 10.3 Å². The number of rotatable bonds is 2. The molecule has 0 bridgehead atoms. The first-order valence-corrected chi connectivity index (χ1v) is 5.40. The number of amides is 1. The van der Waals surface area contributed by atoms with E-state index in [1.165, 1.54) is 0 Å². The van der Waals surface area contributed by atoms with Gasteiger partial charge in [0.15, 0.2) is 0 Å². The predicted molar refractivity (Wildman–Crippen MR) is 62.1 cm³/mol. The Labute approximate surface area is 94.6 Å². The van der Waals surface area contributed by atoms with Crippen LogP contribution in [0.2, 0.25) is 0 Å². The molecule has 1 aromatic rings. The van der Waals surface area contributed by atoms with Crippen molar-refractivity contribution >= 4 is 11.7 Å². The van der Waals surface area contributed by atoms with E-state index in [-0.39, 0.29) is 11.9 Å². The van der Waals surface area contributed by atoms with Gasteiger partial charge in [-0.2, -0.15) is 0 Å². The van der Waals surface area contributed by atoms with Crippen LogP contribution in [0.3, 0.4) is 0 Å². The smallest absolute Gasteiger partial charge is 0.239 e. The van der Waals surface area contributed by atoms with Gasteiger partial charge in [-0.05, 0) is 18.6 Å². The molecular formula is C11H16N4O. The number of anilines is 1. The van der Waals surface area contributed by atoms with E-state index in [1.807, 2.05) is 24.0 Å². The molecule has 0 unspecified atom stereocenters. The summed E-state index contributed by atoms with van der Waals surface area (Å²) in [7, 11) is 0. The van der Waals surface area contributed by atoms with Crippen molar-refractivity contribution in [3.63, 3.8) is 0 Å². The summed E-state index contributed by atoms with van der Waals surface area (Å²) >= 11 is 0. The zero-order chi connectivity index (χ0) is 11.5. The van der Waals surface area contributed by atoms with Crippen LogP contribution in [0.1, 0.15) is 18.5 Å². The Hall–Kier alpha value is -1.62. The molecule has 1 saturated heterocycles. The van der Waals surface area contributed by atoms with Gasteiger partial charge in [-0.25, -0.2) is 4.98 Å². The summed E-state index contributed by atoms with van der Waals surface area (Å²) in [5.74, 6) is 0.878. The fraction of sp³-hybridized carbons (Fsp3) is 0.455. The second-order valence-electron chi connectivity index (χ2n) is 4.01. The number of nitrogens with zero attached hydrogens (tertiary/aromatic N) is 2. The first-order chi connectivity index (χ1) is 7.66. The van der Waals surface area contributed by atoms with Crippen molar-refractivity contribution in [2.75, 3.05) is 24.5 Å². The van der Waals surface area contributed by atoms with E-state index in [4.69, 9.17) is 5.73 Å². The van der Waals surface area contributed by atoms with Crippen LogP contribution in [0.15, 0.2) is 18.3 Å². The third-order valence-electron chi connectivity index (χ3n) is 2.66. The van der Waals surface area contributed by atoms with Crippen LogP contribution >= 0.6 is 0 Å². The molecule has 5 nitrogen and oxygen atoms in total. The molecule has 86 valence electrons. The number of piperazine rings is 1. The van der Waals surface area contributed by atoms with Gasteiger partial charge in [0.05, 0.1) is 6.54 Å². The van der Waals surface area contributed by atoms with Gasteiger partial charge < -0.3 is 16.0 Å². The number of hydrogen-bond acceptors (Lipinski definition) is 4. The normalized spacial score (nSPS) is 18.1. The van der Waals surface area contributed by atoms with E-state index in [9.17, 15) is 4.79 Å². The molecule has 1 aliphatic heterocycles. The standard InChI is InChI=1S/C11H16N4O/c1-8(12)9-2-3-10(14-6-9)15-5-4-13-11(16)7-15/h2-3,6,8H,4-5,7,12H2,1H3,(H,13,16)/t8-/m1/s1. The van der Waals surface area contributed by atoms with Gasteiger partial charge in [-0.3, -0.25) is 4.79 Å². The highest BCUT2D eigenvalue weighted by atomic mass is 16.2. The van der Waals surface area contributed by atoms with E-state index in [0.717, 1.165) is 17.9 Å². The molecule has 0 saturated carbocycles. The summed E-state index contributed by atoms with van der Waals surface area (Å²) < 4.78 is 0. The molecule has 16 heavy (non-hydrogen) atoms. The zero-order valence-corrected chi connectivity index (χ0v) is 9.31. The van der Waals surface area contributed by atoms with Crippen LogP contribution in [0.25, 0.3) is 0 Å². The van der Waals surface area contributed by atoms with Crippen LogP contribution in [0, 0.1) is 0 Å². The van der Waals surface area contributed by atoms with Gasteiger partial charge in [-0.1, -0.05) is 6.07 Å². The Bertz CT molecular complexity index is 374. The number of carbonyl (C=O) groups excluding carboxylic acids is 1. The quantitative estimate of drug-likeness (QED) is 0.738. The highest BCUT2D eigenvalue weighted by molar-refractivity contribution is 5.82. The van der Waals surface area contributed by atoms with E-state index >= 15 is 0 Å². The Morgan fingerprint density at radius 2 is 2.38 bits per heavy atom. The topological polar surface area (TPSA) is 71.2 Å². The molecule has 0 aliphatic carbocycles. The van der Waals surface area contributed by atoms with Crippen molar-refractivity contribution in [2.45, 2.75) is 13.0 Å². The van der Waals surface area contributed by atoms with Crippen molar-refractivity contribution < 1.29 is 4.79 Å². The molecule has 2 rings (SSSR count). The van der Waals surface area contributed by atoms with E-state index < -0.39 is 0 Å². The van der Waals surface area contributed by atoms with Crippen molar-refractivity contribution in [3.8, 4) is 0 Å². The molecule has 5 heteroatoms. The van der Waals surface area contributed by atoms with Gasteiger partial charge in [0.2, 0.25) is 5.91 Å². The Morgan fingerprint density at radius 3 is 2.94 bits per heavy atom. The third kappa shape index (κ3) is 2.30. The summed E-state index contributed by atoms with van der Waals surface area (Å²) in [4.78, 5) is 17.5. The summed E-state index contributed by atoms with van der Waals surface area (Å²) in [5.41, 5.74) is 6.75. The molecule has 0 radical (unpaired) electrons. The van der Waals surface area contributed by atoms with Crippen molar-refractivity contribution in [3.05, 3.63) is 23.9 Å². The molecule has 1 atom stereocenters. The minimum absolute atomic E-state index is 0.00814. The minimum atomic E-state index is -0.00814. The first kappa shape index (κ1) is 10.9. The lowest BCUT2D eigenvalue weighted by Gasteiger charge is -2.27. The number of aromatic nitrogens is 1. The molecule has 0 aromatic carbocycles. The fourth-order valence-electron chi connectivity index (χ4n) is 1.69. The molecule has 1 fully saturated rings. The maximum Gasteiger partial charge on any atom is 0.239 e. The largest absolute Gasteiger partial charge is 0.353 e. The highest BCUT2D eigenvalue weighted by Gasteiger charge is 2.17. The molecule has 2 heterocycles. The van der Waals surface area contributed by atoms with Gasteiger partial charge in [0.1, 0.15) is 5.82 Å². The van der Waals surface area contributed by atoms with E-state index in [1.54, 1.807) is 6.20 Å². The van der Waals surface area contributed by atoms with Crippen LogP contribution in [-0.2, 0) is 4.79 Å². The van der Waals surface area contributed by atoms with Crippen molar-refractivity contribution in [2.24, 2.45) is 5.73 Å². The van der Waals surface area contributed by atoms with Gasteiger partial charge >= 0.3 is 0 Å². The highest BCUT2D eigenvalue weighted by Crippen LogP contribution is 2.15. The molecule has 1 aliphatic rings. The number of nitrogens with two attached hydrogens (primary N) is 1. The fourth-order valence-corrected chi connectivity index (χ4v) is 1.69. The lowest BCUT2D eigenvalue weighted by Crippen LogP contribution is -2.48. The van der Waals surface area contributed by atoms with Gasteiger partial charge in [0, 0.05) is 25.3 Å². The molecule has 1 amide bonds. The first-order valence-electron chi connectivity index (χ1n) is 5.40. The number of carbonyl (C=O) groups is 1. The van der Waals surface area contributed by atoms with E-state index in [0.29, 0.717) is 13.1 Å². The third-order valence-corrected chi connectivity index (χ3v) is 2.66. The number of hydrogen-bond donors (Lipinski definition) is 2. The Balaban J connectivity index is 2.11. The maximum atomic E-state index is 11.2. The summed E-state index contributed by atoms with van der Waals surface area (Å²) in [6.07, 6.45) is 1.77. The van der Waals surface area contributed by atoms with Gasteiger partial charge in [-0.15, -0.1) is 0 Å². The van der Waals surface area contributed by atoms with Crippen LogP contribution in [-0.4, -0.2) is 30.5 Å². The van der Waals surface area contributed by atoms with Crippen molar-refractivity contribution in [1.29, 1.82) is 0 Å². The summed E-state index contributed by atoms with van der Waals surface area (Å²) in [6.45, 7) is 3.78. The van der Waals surface area contributed by atoms with Crippen LogP contribution < -0.4 is 16.0 Å². The average molecular weight is 220 g/mol. The van der Waals surface area contributed by atoms with Crippen LogP contribution in [0.5, 0.6) is 0 Å². The maximum absolute atomic E-state index is 11.2. The predicted octanol–water partition coefficient (Wildman–Crippen LogP) is 0.0375. The van der Waals surface area contributed by atoms with Gasteiger partial charge in [0.25, 0.3) is 0 Å². The number of nitrogens with one attached hydrogen (secondary N) is 1. The van der Waals surface area contributed by atoms with E-state index in [2.05, 4.69) is 10.3 Å². The summed E-state index contributed by atoms with van der Waals surface area (Å²) in [5, 5.41) is 2.78. The van der Waals surface area contributed by atoms with Crippen LogP contribution in [0.4, 0.5) is 5.82 Å². The summed E-state index contributed by atoms with van der Waals surface area (Å²) in [6, 6.07) is 3.86. The lowest BCUT2D eigenvalue weighted by atomic mass is 10.1. The zero-order valence-electron chi connectivity index (χ0n) is 9.31. The second-order valence-corrected chi connectivity index (χ2v) is 4.01. The molecular weight excluding hydrogens is 204 g/mol. The molecule has 0 spiro atoms. The monoisotopic (exact) mass is 220 g/mol. The Morgan fingerprint density at radius 1 is 1.56 bits per heavy atom. The minimum Gasteiger partial charge on any atom is -0.353 e. The molecule has 3 N–H and O–H groups in total.